The molecule has 1 aromatic carbocycles. The fraction of sp³-hybridized carbons (Fsp3) is 0.400. The number of nitrogens with zero attached hydrogens (tertiary/aromatic N) is 1. The number of fused-ring (bicyclic) bond motifs is 1. The molecule has 2 heterocycles. The molecule has 0 radical (unpaired) electrons. The van der Waals surface area contributed by atoms with Crippen LogP contribution in [0, 0.1) is 0 Å². The van der Waals surface area contributed by atoms with Crippen molar-refractivity contribution < 1.29 is 0 Å². The fourth-order valence-electron chi connectivity index (χ4n) is 2.95. The molecule has 4 nitrogen and oxygen atoms in total. The van der Waals surface area contributed by atoms with Gasteiger partial charge < -0.3 is 15.2 Å². The van der Waals surface area contributed by atoms with Gasteiger partial charge in [0, 0.05) is 24.5 Å². The molecule has 100 valence electrons. The molecule has 2 aromatic rings. The molecular formula is C15H19N3O. The van der Waals surface area contributed by atoms with E-state index in [2.05, 4.69) is 21.3 Å². The van der Waals surface area contributed by atoms with Crippen LogP contribution in [0.4, 0.5) is 5.82 Å². The SMILES string of the molecule is CNCC1CCCN1c1cc2ccccc2c(=O)[nH]1. The minimum Gasteiger partial charge on any atom is -0.354 e. The second-order valence-corrected chi connectivity index (χ2v) is 5.12. The summed E-state index contributed by atoms with van der Waals surface area (Å²) in [4.78, 5) is 17.5. The van der Waals surface area contributed by atoms with E-state index in [9.17, 15) is 4.79 Å². The normalized spacial score (nSPS) is 19.2. The molecule has 0 bridgehead atoms. The molecular weight excluding hydrogens is 238 g/mol. The topological polar surface area (TPSA) is 48.1 Å². The number of nitrogens with one attached hydrogen (secondary N) is 2. The Morgan fingerprint density at radius 2 is 2.26 bits per heavy atom. The first kappa shape index (κ1) is 12.2. The average Bonchev–Trinajstić information content (AvgIpc) is 2.87. The number of hydrogen-bond donors (Lipinski definition) is 2. The molecule has 19 heavy (non-hydrogen) atoms. The van der Waals surface area contributed by atoms with Gasteiger partial charge >= 0.3 is 0 Å². The maximum atomic E-state index is 12.1. The van der Waals surface area contributed by atoms with Gasteiger partial charge in [0.25, 0.3) is 5.56 Å². The van der Waals surface area contributed by atoms with Gasteiger partial charge in [0.1, 0.15) is 5.82 Å². The lowest BCUT2D eigenvalue weighted by atomic mass is 10.1. The van der Waals surface area contributed by atoms with Crippen LogP contribution in [0.2, 0.25) is 0 Å². The van der Waals surface area contributed by atoms with Gasteiger partial charge in [-0.2, -0.15) is 0 Å². The zero-order valence-corrected chi connectivity index (χ0v) is 11.1. The van der Waals surface area contributed by atoms with Crippen LogP contribution in [0.5, 0.6) is 0 Å². The number of H-pyrrole nitrogens is 1. The molecule has 2 N–H and O–H groups in total. The summed E-state index contributed by atoms with van der Waals surface area (Å²) >= 11 is 0. The van der Waals surface area contributed by atoms with Crippen LogP contribution in [0.3, 0.4) is 0 Å². The van der Waals surface area contributed by atoms with Crippen LogP contribution in [0.15, 0.2) is 35.1 Å². The summed E-state index contributed by atoms with van der Waals surface area (Å²) in [5.41, 5.74) is 0.00297. The molecule has 0 saturated carbocycles. The number of aromatic nitrogens is 1. The third-order valence-electron chi connectivity index (χ3n) is 3.87. The van der Waals surface area contributed by atoms with E-state index in [0.29, 0.717) is 6.04 Å². The maximum absolute atomic E-state index is 12.1. The Morgan fingerprint density at radius 1 is 1.42 bits per heavy atom. The quantitative estimate of drug-likeness (QED) is 0.880. The van der Waals surface area contributed by atoms with Crippen LogP contribution in [-0.4, -0.2) is 31.2 Å². The van der Waals surface area contributed by atoms with E-state index in [-0.39, 0.29) is 5.56 Å². The van der Waals surface area contributed by atoms with Gasteiger partial charge in [-0.05, 0) is 37.4 Å². The minimum absolute atomic E-state index is 0.00297. The molecule has 0 aliphatic carbocycles. The Labute approximate surface area is 112 Å². The van der Waals surface area contributed by atoms with Crippen molar-refractivity contribution in [2.75, 3.05) is 25.0 Å². The van der Waals surface area contributed by atoms with Crippen molar-refractivity contribution in [3.8, 4) is 0 Å². The summed E-state index contributed by atoms with van der Waals surface area (Å²) in [5, 5.41) is 5.00. The molecule has 0 spiro atoms. The number of benzene rings is 1. The van der Waals surface area contributed by atoms with Crippen molar-refractivity contribution in [2.45, 2.75) is 18.9 Å². The van der Waals surface area contributed by atoms with E-state index in [1.54, 1.807) is 0 Å². The highest BCUT2D eigenvalue weighted by molar-refractivity contribution is 5.83. The van der Waals surface area contributed by atoms with Crippen molar-refractivity contribution in [2.24, 2.45) is 0 Å². The van der Waals surface area contributed by atoms with E-state index in [4.69, 9.17) is 0 Å². The third kappa shape index (κ3) is 2.24. The molecule has 1 aromatic heterocycles. The Balaban J connectivity index is 2.03. The largest absolute Gasteiger partial charge is 0.354 e. The number of pyridine rings is 1. The Hall–Kier alpha value is -1.81. The molecule has 0 amide bonds. The smallest absolute Gasteiger partial charge is 0.257 e. The first-order valence-electron chi connectivity index (χ1n) is 6.83. The first-order valence-corrected chi connectivity index (χ1v) is 6.83. The van der Waals surface area contributed by atoms with Crippen LogP contribution in [0.25, 0.3) is 10.8 Å². The average molecular weight is 257 g/mol. The predicted molar refractivity (Wildman–Crippen MR) is 78.9 cm³/mol. The van der Waals surface area contributed by atoms with Crippen LogP contribution in [-0.2, 0) is 0 Å². The van der Waals surface area contributed by atoms with Gasteiger partial charge in [0.2, 0.25) is 0 Å². The van der Waals surface area contributed by atoms with Gasteiger partial charge in [0.15, 0.2) is 0 Å². The second-order valence-electron chi connectivity index (χ2n) is 5.12. The van der Waals surface area contributed by atoms with Gasteiger partial charge in [-0.1, -0.05) is 18.2 Å². The summed E-state index contributed by atoms with van der Waals surface area (Å²) in [6.45, 7) is 1.97. The standard InChI is InChI=1S/C15H19N3O/c1-16-10-12-6-4-8-18(12)14-9-11-5-2-3-7-13(11)15(19)17-14/h2-3,5,7,9,12,16H,4,6,8,10H2,1H3,(H,17,19). The number of anilines is 1. The lowest BCUT2D eigenvalue weighted by molar-refractivity contribution is 0.612. The van der Waals surface area contributed by atoms with Crippen molar-refractivity contribution in [1.29, 1.82) is 0 Å². The summed E-state index contributed by atoms with van der Waals surface area (Å²) in [6, 6.07) is 10.3. The van der Waals surface area contributed by atoms with Crippen LogP contribution in [0.1, 0.15) is 12.8 Å². The van der Waals surface area contributed by atoms with Crippen LogP contribution >= 0.6 is 0 Å². The van der Waals surface area contributed by atoms with E-state index in [1.165, 1.54) is 12.8 Å². The first-order chi connectivity index (χ1) is 9.29. The Morgan fingerprint density at radius 3 is 3.11 bits per heavy atom. The Bertz CT molecular complexity index is 635. The third-order valence-corrected chi connectivity index (χ3v) is 3.87. The monoisotopic (exact) mass is 257 g/mol. The molecule has 1 saturated heterocycles. The van der Waals surface area contributed by atoms with Gasteiger partial charge in [-0.25, -0.2) is 0 Å². The van der Waals surface area contributed by atoms with Crippen LogP contribution < -0.4 is 15.8 Å². The van der Waals surface area contributed by atoms with Gasteiger partial charge in [-0.15, -0.1) is 0 Å². The predicted octanol–water partition coefficient (Wildman–Crippen LogP) is 1.72. The lowest BCUT2D eigenvalue weighted by Gasteiger charge is -2.26. The van der Waals surface area contributed by atoms with Crippen molar-refractivity contribution in [3.63, 3.8) is 0 Å². The van der Waals surface area contributed by atoms with E-state index >= 15 is 0 Å². The number of rotatable bonds is 3. The molecule has 1 atom stereocenters. The highest BCUT2D eigenvalue weighted by Crippen LogP contribution is 2.24. The van der Waals surface area contributed by atoms with Crippen molar-refractivity contribution in [3.05, 3.63) is 40.7 Å². The van der Waals surface area contributed by atoms with E-state index < -0.39 is 0 Å². The minimum atomic E-state index is 0.00297. The zero-order valence-electron chi connectivity index (χ0n) is 11.1. The molecule has 1 unspecified atom stereocenters. The lowest BCUT2D eigenvalue weighted by Crippen LogP contribution is -2.37. The molecule has 3 rings (SSSR count). The molecule has 1 fully saturated rings. The molecule has 1 aliphatic rings. The van der Waals surface area contributed by atoms with Gasteiger partial charge in [0.05, 0.1) is 0 Å². The number of hydrogen-bond acceptors (Lipinski definition) is 3. The van der Waals surface area contributed by atoms with Crippen molar-refractivity contribution in [1.82, 2.24) is 10.3 Å². The fourth-order valence-corrected chi connectivity index (χ4v) is 2.95. The summed E-state index contributed by atoms with van der Waals surface area (Å²) in [6.07, 6.45) is 2.36. The second kappa shape index (κ2) is 5.05. The summed E-state index contributed by atoms with van der Waals surface area (Å²) < 4.78 is 0. The highest BCUT2D eigenvalue weighted by atomic mass is 16.1. The van der Waals surface area contributed by atoms with E-state index in [0.717, 1.165) is 29.7 Å². The van der Waals surface area contributed by atoms with Gasteiger partial charge in [-0.3, -0.25) is 4.79 Å². The highest BCUT2D eigenvalue weighted by Gasteiger charge is 2.24. The maximum Gasteiger partial charge on any atom is 0.257 e. The summed E-state index contributed by atoms with van der Waals surface area (Å²) in [5.74, 6) is 0.946. The molecule has 1 aliphatic heterocycles. The number of likely N-dealkylation sites (N-methyl/N-ethyl adjacent to an activating group) is 1. The number of aromatic amines is 1. The zero-order chi connectivity index (χ0) is 13.2. The summed E-state index contributed by atoms with van der Waals surface area (Å²) in [7, 11) is 1.97. The van der Waals surface area contributed by atoms with E-state index in [1.807, 2.05) is 31.3 Å². The Kier molecular flexibility index (Phi) is 3.25. The van der Waals surface area contributed by atoms with Crippen molar-refractivity contribution >= 4 is 16.6 Å². The molecule has 4 heteroatoms.